The van der Waals surface area contributed by atoms with Gasteiger partial charge in [0.1, 0.15) is 0 Å². The first-order valence-electron chi connectivity index (χ1n) is 6.59. The molecule has 1 fully saturated rings. The number of aromatic nitrogens is 1. The van der Waals surface area contributed by atoms with Crippen LogP contribution >= 0.6 is 0 Å². The summed E-state index contributed by atoms with van der Waals surface area (Å²) in [7, 11) is 0. The van der Waals surface area contributed by atoms with Crippen molar-refractivity contribution < 1.29 is 4.74 Å². The van der Waals surface area contributed by atoms with Gasteiger partial charge < -0.3 is 10.1 Å². The highest BCUT2D eigenvalue weighted by Gasteiger charge is 2.13. The van der Waals surface area contributed by atoms with E-state index in [2.05, 4.69) is 17.2 Å². The van der Waals surface area contributed by atoms with Crippen molar-refractivity contribution >= 4 is 0 Å². The Kier molecular flexibility index (Phi) is 4.95. The average Bonchev–Trinajstić information content (AvgIpc) is 2.41. The molecule has 2 atom stereocenters. The molecule has 0 amide bonds. The van der Waals surface area contributed by atoms with E-state index in [1.807, 2.05) is 24.4 Å². The van der Waals surface area contributed by atoms with Crippen LogP contribution in [0.4, 0.5) is 0 Å². The molecule has 1 aromatic heterocycles. The molecular weight excluding hydrogens is 212 g/mol. The quantitative estimate of drug-likeness (QED) is 0.850. The standard InChI is InChI=1S/C14H22N2O/c1-12(14-6-2-3-9-16-14)17-10-7-13-5-4-8-15-11-13/h2-3,6,9,12-13,15H,4-5,7-8,10-11H2,1H3/t12-,13-/m0/s1. The van der Waals surface area contributed by atoms with Crippen molar-refractivity contribution in [1.82, 2.24) is 10.3 Å². The van der Waals surface area contributed by atoms with E-state index in [9.17, 15) is 0 Å². The molecule has 1 aliphatic rings. The molecule has 0 bridgehead atoms. The number of nitrogens with zero attached hydrogens (tertiary/aromatic N) is 1. The van der Waals surface area contributed by atoms with Crippen LogP contribution in [0, 0.1) is 5.92 Å². The molecule has 1 aliphatic heterocycles. The van der Waals surface area contributed by atoms with Gasteiger partial charge in [-0.15, -0.1) is 0 Å². The Balaban J connectivity index is 1.67. The van der Waals surface area contributed by atoms with E-state index in [-0.39, 0.29) is 6.10 Å². The first-order chi connectivity index (χ1) is 8.36. The van der Waals surface area contributed by atoms with Crippen LogP contribution in [-0.2, 0) is 4.74 Å². The predicted octanol–water partition coefficient (Wildman–Crippen LogP) is 2.55. The monoisotopic (exact) mass is 234 g/mol. The van der Waals surface area contributed by atoms with Gasteiger partial charge in [-0.1, -0.05) is 6.07 Å². The molecule has 1 N–H and O–H groups in total. The largest absolute Gasteiger partial charge is 0.372 e. The minimum Gasteiger partial charge on any atom is -0.372 e. The molecule has 0 saturated carbocycles. The maximum Gasteiger partial charge on any atom is 0.0966 e. The van der Waals surface area contributed by atoms with Gasteiger partial charge in [0, 0.05) is 12.8 Å². The van der Waals surface area contributed by atoms with Gasteiger partial charge in [0.25, 0.3) is 0 Å². The number of pyridine rings is 1. The van der Waals surface area contributed by atoms with Crippen molar-refractivity contribution in [3.63, 3.8) is 0 Å². The van der Waals surface area contributed by atoms with Gasteiger partial charge >= 0.3 is 0 Å². The molecule has 1 aromatic rings. The lowest BCUT2D eigenvalue weighted by Gasteiger charge is -2.23. The van der Waals surface area contributed by atoms with Crippen LogP contribution in [0.2, 0.25) is 0 Å². The second-order valence-electron chi connectivity index (χ2n) is 4.77. The molecule has 3 heteroatoms. The van der Waals surface area contributed by atoms with E-state index in [1.54, 1.807) is 0 Å². The molecule has 0 unspecified atom stereocenters. The maximum atomic E-state index is 5.84. The van der Waals surface area contributed by atoms with Gasteiger partial charge in [-0.05, 0) is 57.3 Å². The van der Waals surface area contributed by atoms with Crippen molar-refractivity contribution in [2.75, 3.05) is 19.7 Å². The molecule has 3 nitrogen and oxygen atoms in total. The minimum absolute atomic E-state index is 0.104. The fourth-order valence-electron chi connectivity index (χ4n) is 2.28. The summed E-state index contributed by atoms with van der Waals surface area (Å²) in [6, 6.07) is 5.96. The molecule has 0 aliphatic carbocycles. The highest BCUT2D eigenvalue weighted by molar-refractivity contribution is 5.05. The summed E-state index contributed by atoms with van der Waals surface area (Å²) in [6.07, 6.45) is 5.73. The molecule has 0 spiro atoms. The lowest BCUT2D eigenvalue weighted by Crippen LogP contribution is -2.30. The first kappa shape index (κ1) is 12.5. The van der Waals surface area contributed by atoms with Crippen LogP contribution in [0.15, 0.2) is 24.4 Å². The van der Waals surface area contributed by atoms with Gasteiger partial charge in [0.05, 0.1) is 11.8 Å². The van der Waals surface area contributed by atoms with E-state index >= 15 is 0 Å². The van der Waals surface area contributed by atoms with Crippen LogP contribution < -0.4 is 5.32 Å². The number of hydrogen-bond donors (Lipinski definition) is 1. The summed E-state index contributed by atoms with van der Waals surface area (Å²) in [6.45, 7) is 5.24. The number of piperidine rings is 1. The summed E-state index contributed by atoms with van der Waals surface area (Å²) in [5.41, 5.74) is 1.02. The molecule has 0 radical (unpaired) electrons. The van der Waals surface area contributed by atoms with Crippen molar-refractivity contribution in [2.45, 2.75) is 32.3 Å². The average molecular weight is 234 g/mol. The topological polar surface area (TPSA) is 34.1 Å². The Morgan fingerprint density at radius 3 is 3.18 bits per heavy atom. The van der Waals surface area contributed by atoms with E-state index in [4.69, 9.17) is 4.74 Å². The highest BCUT2D eigenvalue weighted by atomic mass is 16.5. The Morgan fingerprint density at radius 2 is 2.47 bits per heavy atom. The minimum atomic E-state index is 0.104. The fraction of sp³-hybridized carbons (Fsp3) is 0.643. The summed E-state index contributed by atoms with van der Waals surface area (Å²) in [5, 5.41) is 3.44. The predicted molar refractivity (Wildman–Crippen MR) is 68.8 cm³/mol. The van der Waals surface area contributed by atoms with E-state index in [1.165, 1.54) is 19.4 Å². The third-order valence-electron chi connectivity index (χ3n) is 3.40. The fourth-order valence-corrected chi connectivity index (χ4v) is 2.28. The zero-order chi connectivity index (χ0) is 11.9. The van der Waals surface area contributed by atoms with E-state index < -0.39 is 0 Å². The van der Waals surface area contributed by atoms with E-state index in [0.29, 0.717) is 0 Å². The van der Waals surface area contributed by atoms with Crippen molar-refractivity contribution in [3.8, 4) is 0 Å². The normalized spacial score (nSPS) is 22.3. The first-order valence-corrected chi connectivity index (χ1v) is 6.59. The van der Waals surface area contributed by atoms with Gasteiger partial charge in [0.15, 0.2) is 0 Å². The van der Waals surface area contributed by atoms with Crippen LogP contribution in [0.1, 0.15) is 38.0 Å². The number of ether oxygens (including phenoxy) is 1. The summed E-state index contributed by atoms with van der Waals surface area (Å²) in [4.78, 5) is 4.31. The zero-order valence-corrected chi connectivity index (χ0v) is 10.6. The lowest BCUT2D eigenvalue weighted by atomic mass is 9.97. The van der Waals surface area contributed by atoms with Crippen molar-refractivity contribution in [3.05, 3.63) is 30.1 Å². The number of nitrogens with one attached hydrogen (secondary N) is 1. The van der Waals surface area contributed by atoms with Gasteiger partial charge in [-0.25, -0.2) is 0 Å². The molecule has 0 aromatic carbocycles. The second kappa shape index (κ2) is 6.72. The summed E-state index contributed by atoms with van der Waals surface area (Å²) >= 11 is 0. The zero-order valence-electron chi connectivity index (χ0n) is 10.6. The van der Waals surface area contributed by atoms with Crippen LogP contribution in [0.3, 0.4) is 0 Å². The third-order valence-corrected chi connectivity index (χ3v) is 3.40. The molecule has 17 heavy (non-hydrogen) atoms. The van der Waals surface area contributed by atoms with E-state index in [0.717, 1.165) is 31.2 Å². The maximum absolute atomic E-state index is 5.84. The smallest absolute Gasteiger partial charge is 0.0966 e. The Morgan fingerprint density at radius 1 is 1.53 bits per heavy atom. The van der Waals surface area contributed by atoms with Gasteiger partial charge in [0.2, 0.25) is 0 Å². The number of hydrogen-bond acceptors (Lipinski definition) is 3. The Hall–Kier alpha value is -0.930. The lowest BCUT2D eigenvalue weighted by molar-refractivity contribution is 0.0512. The molecule has 1 saturated heterocycles. The van der Waals surface area contributed by atoms with Crippen LogP contribution in [-0.4, -0.2) is 24.7 Å². The molecule has 94 valence electrons. The van der Waals surface area contributed by atoms with Gasteiger partial charge in [-0.3, -0.25) is 4.98 Å². The molecule has 2 heterocycles. The summed E-state index contributed by atoms with van der Waals surface area (Å²) in [5.74, 6) is 0.791. The molecular formula is C14H22N2O. The van der Waals surface area contributed by atoms with Crippen molar-refractivity contribution in [2.24, 2.45) is 5.92 Å². The molecule has 2 rings (SSSR count). The second-order valence-corrected chi connectivity index (χ2v) is 4.77. The Bertz CT molecular complexity index is 309. The van der Waals surface area contributed by atoms with Gasteiger partial charge in [-0.2, -0.15) is 0 Å². The van der Waals surface area contributed by atoms with Crippen LogP contribution in [0.25, 0.3) is 0 Å². The van der Waals surface area contributed by atoms with Crippen molar-refractivity contribution in [1.29, 1.82) is 0 Å². The number of rotatable bonds is 5. The third kappa shape index (κ3) is 4.10. The SMILES string of the molecule is C[C@H](OCC[C@@H]1CCCNC1)c1ccccn1. The highest BCUT2D eigenvalue weighted by Crippen LogP contribution is 2.17. The Labute approximate surface area is 104 Å². The van der Waals surface area contributed by atoms with Crippen LogP contribution in [0.5, 0.6) is 0 Å². The summed E-state index contributed by atoms with van der Waals surface area (Å²) < 4.78 is 5.84.